The maximum atomic E-state index is 12.4. The molecule has 9 heteroatoms. The molecule has 0 fully saturated rings. The van der Waals surface area contributed by atoms with E-state index in [1.54, 1.807) is 24.4 Å². The van der Waals surface area contributed by atoms with Crippen LogP contribution in [0.4, 0.5) is 0 Å². The lowest BCUT2D eigenvalue weighted by atomic mass is 9.91. The zero-order valence-corrected chi connectivity index (χ0v) is 20.7. The van der Waals surface area contributed by atoms with Gasteiger partial charge in [0.1, 0.15) is 5.15 Å². The summed E-state index contributed by atoms with van der Waals surface area (Å²) in [7, 11) is 0. The van der Waals surface area contributed by atoms with E-state index in [1.165, 1.54) is 11.3 Å². The Labute approximate surface area is 205 Å². The monoisotopic (exact) mass is 501 g/mol. The number of carboxylic acid groups (broad SMARTS) is 1. The molecular formula is C24H21Cl2N3O3S. The third-order valence-electron chi connectivity index (χ3n) is 4.83. The molecule has 0 radical (unpaired) electrons. The Morgan fingerprint density at radius 2 is 1.82 bits per heavy atom. The molecule has 0 bridgehead atoms. The van der Waals surface area contributed by atoms with Crippen LogP contribution in [0.1, 0.15) is 38.0 Å². The Morgan fingerprint density at radius 1 is 1.12 bits per heavy atom. The van der Waals surface area contributed by atoms with Crippen molar-refractivity contribution in [3.05, 3.63) is 63.9 Å². The number of halogens is 2. The van der Waals surface area contributed by atoms with Crippen molar-refractivity contribution < 1.29 is 14.6 Å². The number of aliphatic carboxylic acids is 1. The molecule has 4 rings (SSSR count). The number of benzene rings is 2. The van der Waals surface area contributed by atoms with Crippen molar-refractivity contribution in [3.8, 4) is 22.0 Å². The smallest absolute Gasteiger partial charge is 0.337 e. The molecule has 2 aromatic carbocycles. The molecule has 0 amide bonds. The molecule has 4 aromatic rings. The van der Waals surface area contributed by atoms with Crippen molar-refractivity contribution in [2.24, 2.45) is 0 Å². The van der Waals surface area contributed by atoms with Crippen molar-refractivity contribution >= 4 is 50.7 Å². The second-order valence-corrected chi connectivity index (χ2v) is 10.3. The molecule has 0 saturated heterocycles. The number of aromatic nitrogens is 3. The molecule has 0 aliphatic rings. The largest absolute Gasteiger partial charge is 0.479 e. The first-order chi connectivity index (χ1) is 15.5. The predicted octanol–water partition coefficient (Wildman–Crippen LogP) is 6.98. The summed E-state index contributed by atoms with van der Waals surface area (Å²) in [5, 5.41) is 11.6. The normalized spacial score (nSPS) is 12.8. The third kappa shape index (κ3) is 5.01. The predicted molar refractivity (Wildman–Crippen MR) is 132 cm³/mol. The highest BCUT2D eigenvalue weighted by atomic mass is 35.5. The molecule has 1 atom stereocenters. The number of ether oxygens (including phenoxy) is 1. The van der Waals surface area contributed by atoms with E-state index in [0.717, 1.165) is 21.4 Å². The lowest BCUT2D eigenvalue weighted by Crippen LogP contribution is -2.28. The minimum atomic E-state index is -1.17. The van der Waals surface area contributed by atoms with E-state index in [4.69, 9.17) is 32.9 Å². The van der Waals surface area contributed by atoms with Gasteiger partial charge in [0.05, 0.1) is 15.8 Å². The van der Waals surface area contributed by atoms with Crippen LogP contribution in [0.15, 0.2) is 42.6 Å². The van der Waals surface area contributed by atoms with Gasteiger partial charge in [-0.1, -0.05) is 35.3 Å². The van der Waals surface area contributed by atoms with E-state index in [1.807, 2.05) is 45.9 Å². The van der Waals surface area contributed by atoms with Crippen LogP contribution in [0.5, 0.6) is 0 Å². The zero-order valence-electron chi connectivity index (χ0n) is 18.4. The number of hydrogen-bond acceptors (Lipinski definition) is 6. The van der Waals surface area contributed by atoms with Crippen LogP contribution >= 0.6 is 34.5 Å². The summed E-state index contributed by atoms with van der Waals surface area (Å²) in [6.07, 6.45) is 0.401. The van der Waals surface area contributed by atoms with Crippen LogP contribution in [0, 0.1) is 6.92 Å². The molecule has 33 heavy (non-hydrogen) atoms. The molecule has 6 nitrogen and oxygen atoms in total. The van der Waals surface area contributed by atoms with Gasteiger partial charge in [0.15, 0.2) is 16.9 Å². The van der Waals surface area contributed by atoms with Crippen molar-refractivity contribution in [1.29, 1.82) is 0 Å². The van der Waals surface area contributed by atoms with Gasteiger partial charge in [-0.2, -0.15) is 0 Å². The fourth-order valence-corrected chi connectivity index (χ4v) is 4.90. The number of hydrogen-bond donors (Lipinski definition) is 1. The highest BCUT2D eigenvalue weighted by molar-refractivity contribution is 7.22. The summed E-state index contributed by atoms with van der Waals surface area (Å²) in [5.41, 5.74) is 2.93. The van der Waals surface area contributed by atoms with Gasteiger partial charge in [0, 0.05) is 22.3 Å². The molecule has 0 aliphatic carbocycles. The zero-order chi connectivity index (χ0) is 23.9. The molecule has 0 saturated carbocycles. The number of rotatable bonds is 5. The molecule has 170 valence electrons. The average Bonchev–Trinajstić information content (AvgIpc) is 3.15. The molecule has 1 N–H and O–H groups in total. The number of nitrogens with zero attached hydrogens (tertiary/aromatic N) is 3. The van der Waals surface area contributed by atoms with Crippen molar-refractivity contribution in [1.82, 2.24) is 15.0 Å². The minimum absolute atomic E-state index is 0.318. The topological polar surface area (TPSA) is 85.2 Å². The van der Waals surface area contributed by atoms with Gasteiger partial charge in [0.2, 0.25) is 0 Å². The van der Waals surface area contributed by atoms with Crippen molar-refractivity contribution in [2.75, 3.05) is 0 Å². The minimum Gasteiger partial charge on any atom is -0.479 e. The average molecular weight is 502 g/mol. The van der Waals surface area contributed by atoms with E-state index >= 15 is 0 Å². The van der Waals surface area contributed by atoms with Crippen LogP contribution in [0.2, 0.25) is 10.2 Å². The first-order valence-corrected chi connectivity index (χ1v) is 11.7. The lowest BCUT2D eigenvalue weighted by molar-refractivity contribution is -0.160. The number of aryl methyl sites for hydroxylation is 1. The number of fused-ring (bicyclic) bond motifs is 1. The van der Waals surface area contributed by atoms with Crippen LogP contribution in [-0.4, -0.2) is 31.6 Å². The Hall–Kier alpha value is -2.58. The summed E-state index contributed by atoms with van der Waals surface area (Å²) in [6, 6.07) is 10.8. The van der Waals surface area contributed by atoms with E-state index in [0.29, 0.717) is 32.1 Å². The van der Waals surface area contributed by atoms with Gasteiger partial charge >= 0.3 is 5.97 Å². The molecule has 2 heterocycles. The molecular weight excluding hydrogens is 481 g/mol. The van der Waals surface area contributed by atoms with Gasteiger partial charge in [-0.25, -0.2) is 19.7 Å². The quantitative estimate of drug-likeness (QED) is 0.297. The Bertz CT molecular complexity index is 1350. The fourth-order valence-electron chi connectivity index (χ4n) is 3.57. The van der Waals surface area contributed by atoms with E-state index in [-0.39, 0.29) is 0 Å². The van der Waals surface area contributed by atoms with E-state index in [9.17, 15) is 9.90 Å². The van der Waals surface area contributed by atoms with Gasteiger partial charge in [-0.05, 0) is 63.1 Å². The summed E-state index contributed by atoms with van der Waals surface area (Å²) >= 11 is 13.6. The van der Waals surface area contributed by atoms with Gasteiger partial charge in [-0.3, -0.25) is 0 Å². The maximum absolute atomic E-state index is 12.4. The van der Waals surface area contributed by atoms with Crippen LogP contribution in [0.25, 0.3) is 32.2 Å². The molecule has 0 spiro atoms. The molecule has 1 unspecified atom stereocenters. The Kier molecular flexibility index (Phi) is 6.42. The van der Waals surface area contributed by atoms with E-state index < -0.39 is 17.7 Å². The molecule has 0 aliphatic heterocycles. The first-order valence-electron chi connectivity index (χ1n) is 10.1. The Morgan fingerprint density at radius 3 is 2.42 bits per heavy atom. The SMILES string of the molecule is Cc1cc2nc(-c3nccc(Cl)n3)sc2c(-c2ccc(Cl)cc2)c1C(OC(C)(C)C)C(=O)O. The van der Waals surface area contributed by atoms with Crippen LogP contribution in [0.3, 0.4) is 0 Å². The van der Waals surface area contributed by atoms with Gasteiger partial charge < -0.3 is 9.84 Å². The number of carboxylic acids is 1. The van der Waals surface area contributed by atoms with Gasteiger partial charge in [-0.15, -0.1) is 11.3 Å². The van der Waals surface area contributed by atoms with Gasteiger partial charge in [0.25, 0.3) is 0 Å². The lowest BCUT2D eigenvalue weighted by Gasteiger charge is -2.28. The van der Waals surface area contributed by atoms with E-state index in [2.05, 4.69) is 9.97 Å². The number of thiazole rings is 1. The summed E-state index contributed by atoms with van der Waals surface area (Å²) in [6.45, 7) is 7.37. The second-order valence-electron chi connectivity index (χ2n) is 8.51. The Balaban J connectivity index is 2.04. The standard InChI is InChI=1S/C24H21Cl2N3O3S/c1-12-11-15-20(33-22(28-15)21-27-10-9-16(26)29-21)18(13-5-7-14(25)8-6-13)17(12)19(23(30)31)32-24(2,3)4/h5-11,19H,1-4H3,(H,30,31). The summed E-state index contributed by atoms with van der Waals surface area (Å²) in [5.74, 6) is -0.656. The maximum Gasteiger partial charge on any atom is 0.337 e. The van der Waals surface area contributed by atoms with Crippen LogP contribution < -0.4 is 0 Å². The first kappa shape index (κ1) is 23.6. The molecule has 2 aromatic heterocycles. The third-order valence-corrected chi connectivity index (χ3v) is 6.38. The highest BCUT2D eigenvalue weighted by Gasteiger charge is 2.32. The second kappa shape index (κ2) is 8.99. The fraction of sp³-hybridized carbons (Fsp3) is 0.250. The number of carbonyl (C=O) groups is 1. The highest BCUT2D eigenvalue weighted by Crippen LogP contribution is 2.44. The van der Waals surface area contributed by atoms with Crippen molar-refractivity contribution in [2.45, 2.75) is 39.4 Å². The summed E-state index contributed by atoms with van der Waals surface area (Å²) in [4.78, 5) is 25.7. The summed E-state index contributed by atoms with van der Waals surface area (Å²) < 4.78 is 6.83. The van der Waals surface area contributed by atoms with Crippen LogP contribution in [-0.2, 0) is 9.53 Å². The van der Waals surface area contributed by atoms with Crippen molar-refractivity contribution in [3.63, 3.8) is 0 Å².